The number of carboxylic acid groups (broad SMARTS) is 2. The van der Waals surface area contributed by atoms with Gasteiger partial charge >= 0.3 is 23.9 Å². The summed E-state index contributed by atoms with van der Waals surface area (Å²) in [7, 11) is 0. The summed E-state index contributed by atoms with van der Waals surface area (Å²) in [4.78, 5) is 61.7. The van der Waals surface area contributed by atoms with E-state index in [9.17, 15) is 39.4 Å². The Bertz CT molecular complexity index is 601. The van der Waals surface area contributed by atoms with Crippen LogP contribution in [0.3, 0.4) is 0 Å². The summed E-state index contributed by atoms with van der Waals surface area (Å²) in [5.74, 6) is -3.71. The van der Waals surface area contributed by atoms with Crippen molar-refractivity contribution in [3.8, 4) is 0 Å². The molecular weight excluding hydrogens is 412 g/mol. The Kier molecular flexibility index (Phi) is 12.5. The lowest BCUT2D eigenvalue weighted by atomic mass is 10.1. The van der Waals surface area contributed by atoms with Gasteiger partial charge in [-0.2, -0.15) is 0 Å². The number of carbonyl (C=O) groups excluding carboxylic acids is 2. The summed E-state index contributed by atoms with van der Waals surface area (Å²) in [6.07, 6.45) is -1.22. The molecule has 0 saturated heterocycles. The van der Waals surface area contributed by atoms with Crippen LogP contribution in [-0.2, 0) is 28.7 Å². The molecule has 0 aliphatic heterocycles. The van der Waals surface area contributed by atoms with Gasteiger partial charge in [0.2, 0.25) is 11.1 Å². The van der Waals surface area contributed by atoms with E-state index in [0.717, 1.165) is 0 Å². The van der Waals surface area contributed by atoms with Crippen molar-refractivity contribution in [3.05, 3.63) is 20.2 Å². The average molecular weight is 438 g/mol. The van der Waals surface area contributed by atoms with Gasteiger partial charge in [0.1, 0.15) is 0 Å². The van der Waals surface area contributed by atoms with Gasteiger partial charge in [-0.05, 0) is 0 Å². The van der Waals surface area contributed by atoms with Crippen LogP contribution >= 0.6 is 0 Å². The first kappa shape index (κ1) is 28.9. The Labute approximate surface area is 171 Å². The van der Waals surface area contributed by atoms with Gasteiger partial charge in [0.25, 0.3) is 0 Å². The standard InChI is InChI=1S/2C8H13NO6/c2*1-8(2,9(13)14)5-15-7(12)4-3-6(10)11/h2*3-5H2,1-2H3,(H,10,11). The number of carboxylic acids is 2. The molecule has 0 aromatic rings. The molecule has 0 amide bonds. The Morgan fingerprint density at radius 1 is 0.700 bits per heavy atom. The zero-order valence-corrected chi connectivity index (χ0v) is 17.1. The molecule has 14 nitrogen and oxygen atoms in total. The summed E-state index contributed by atoms with van der Waals surface area (Å²) in [6.45, 7) is 4.54. The molecule has 0 atom stereocenters. The Hall–Kier alpha value is -3.32. The lowest BCUT2D eigenvalue weighted by Crippen LogP contribution is -2.37. The van der Waals surface area contributed by atoms with E-state index >= 15 is 0 Å². The molecule has 0 heterocycles. The maximum Gasteiger partial charge on any atom is 0.306 e. The van der Waals surface area contributed by atoms with E-state index in [1.807, 2.05) is 0 Å². The quantitative estimate of drug-likeness (QED) is 0.247. The highest BCUT2D eigenvalue weighted by molar-refractivity contribution is 5.77. The van der Waals surface area contributed by atoms with Crippen molar-refractivity contribution in [2.45, 2.75) is 64.5 Å². The molecule has 0 spiro atoms. The second-order valence-corrected chi connectivity index (χ2v) is 7.25. The fourth-order valence-corrected chi connectivity index (χ4v) is 1.18. The monoisotopic (exact) mass is 438 g/mol. The number of hydrogen-bond donors (Lipinski definition) is 2. The van der Waals surface area contributed by atoms with E-state index in [4.69, 9.17) is 10.2 Å². The highest BCUT2D eigenvalue weighted by atomic mass is 16.6. The first-order valence-corrected chi connectivity index (χ1v) is 8.55. The molecule has 0 rings (SSSR count). The van der Waals surface area contributed by atoms with Crippen molar-refractivity contribution >= 4 is 23.9 Å². The summed E-state index contributed by atoms with van der Waals surface area (Å²) < 4.78 is 9.15. The Morgan fingerprint density at radius 3 is 1.17 bits per heavy atom. The van der Waals surface area contributed by atoms with Crippen LogP contribution in [0, 0.1) is 20.2 Å². The molecule has 0 unspecified atom stereocenters. The van der Waals surface area contributed by atoms with Gasteiger partial charge in [0.15, 0.2) is 13.2 Å². The molecule has 14 heteroatoms. The van der Waals surface area contributed by atoms with E-state index in [-0.39, 0.29) is 38.9 Å². The number of rotatable bonds is 12. The number of esters is 2. The minimum absolute atomic E-state index is 0.275. The van der Waals surface area contributed by atoms with Gasteiger partial charge in [-0.25, -0.2) is 0 Å². The zero-order chi connectivity index (χ0) is 24.1. The highest BCUT2D eigenvalue weighted by Crippen LogP contribution is 2.09. The van der Waals surface area contributed by atoms with Gasteiger partial charge in [-0.15, -0.1) is 0 Å². The minimum Gasteiger partial charge on any atom is -0.481 e. The largest absolute Gasteiger partial charge is 0.481 e. The van der Waals surface area contributed by atoms with Crippen molar-refractivity contribution in [1.82, 2.24) is 0 Å². The second-order valence-electron chi connectivity index (χ2n) is 7.25. The van der Waals surface area contributed by atoms with Gasteiger partial charge in [0.05, 0.1) is 25.7 Å². The number of nitro groups is 2. The van der Waals surface area contributed by atoms with Crippen LogP contribution < -0.4 is 0 Å². The summed E-state index contributed by atoms with van der Waals surface area (Å²) in [6, 6.07) is 0. The van der Waals surface area contributed by atoms with Crippen molar-refractivity contribution in [1.29, 1.82) is 0 Å². The van der Waals surface area contributed by atoms with Crippen molar-refractivity contribution in [3.63, 3.8) is 0 Å². The predicted molar refractivity (Wildman–Crippen MR) is 97.8 cm³/mol. The fraction of sp³-hybridized carbons (Fsp3) is 0.750. The third-order valence-electron chi connectivity index (χ3n) is 3.25. The molecular formula is C16H26N2O12. The molecule has 0 fully saturated rings. The fourth-order valence-electron chi connectivity index (χ4n) is 1.18. The first-order chi connectivity index (χ1) is 13.5. The zero-order valence-electron chi connectivity index (χ0n) is 17.1. The van der Waals surface area contributed by atoms with Gasteiger partial charge < -0.3 is 19.7 Å². The summed E-state index contributed by atoms with van der Waals surface area (Å²) in [5, 5.41) is 37.4. The predicted octanol–water partition coefficient (Wildman–Crippen LogP) is 0.899. The van der Waals surface area contributed by atoms with Crippen LogP contribution in [0.1, 0.15) is 53.4 Å². The minimum atomic E-state index is -1.35. The molecule has 0 saturated carbocycles. The van der Waals surface area contributed by atoms with E-state index in [2.05, 4.69) is 9.47 Å². The van der Waals surface area contributed by atoms with Crippen LogP contribution in [0.5, 0.6) is 0 Å². The number of carbonyl (C=O) groups is 4. The SMILES string of the molecule is CC(C)(COC(=O)CCC(=O)O)[N+](=O)[O-].CC(C)(COC(=O)CCC(=O)O)[N+](=O)[O-]. The maximum atomic E-state index is 10.9. The molecule has 0 aromatic carbocycles. The Balaban J connectivity index is 0. The van der Waals surface area contributed by atoms with Crippen LogP contribution in [-0.4, -0.2) is 68.2 Å². The van der Waals surface area contributed by atoms with Gasteiger partial charge in [0, 0.05) is 37.5 Å². The number of ether oxygens (including phenoxy) is 2. The molecule has 30 heavy (non-hydrogen) atoms. The lowest BCUT2D eigenvalue weighted by Gasteiger charge is -2.14. The van der Waals surface area contributed by atoms with Crippen LogP contribution in [0.2, 0.25) is 0 Å². The molecule has 0 aliphatic rings. The van der Waals surface area contributed by atoms with Gasteiger partial charge in [-0.1, -0.05) is 0 Å². The van der Waals surface area contributed by atoms with Crippen LogP contribution in [0.15, 0.2) is 0 Å². The highest BCUT2D eigenvalue weighted by Gasteiger charge is 2.33. The normalized spacial score (nSPS) is 10.8. The average Bonchev–Trinajstić information content (AvgIpc) is 2.61. The molecule has 0 bridgehead atoms. The third kappa shape index (κ3) is 14.7. The lowest BCUT2D eigenvalue weighted by molar-refractivity contribution is -0.563. The number of aliphatic carboxylic acids is 2. The van der Waals surface area contributed by atoms with E-state index < -0.39 is 44.8 Å². The van der Waals surface area contributed by atoms with Gasteiger partial charge in [-0.3, -0.25) is 39.4 Å². The van der Waals surface area contributed by atoms with Crippen molar-refractivity contribution < 1.29 is 48.7 Å². The molecule has 0 aromatic heterocycles. The van der Waals surface area contributed by atoms with Crippen LogP contribution in [0.25, 0.3) is 0 Å². The third-order valence-corrected chi connectivity index (χ3v) is 3.25. The maximum absolute atomic E-state index is 10.9. The first-order valence-electron chi connectivity index (χ1n) is 8.55. The smallest absolute Gasteiger partial charge is 0.306 e. The molecule has 0 aliphatic carbocycles. The molecule has 2 N–H and O–H groups in total. The Morgan fingerprint density at radius 2 is 0.967 bits per heavy atom. The summed E-state index contributed by atoms with van der Waals surface area (Å²) in [5.41, 5.74) is -2.70. The van der Waals surface area contributed by atoms with E-state index in [1.165, 1.54) is 27.7 Å². The summed E-state index contributed by atoms with van der Waals surface area (Å²) >= 11 is 0. The van der Waals surface area contributed by atoms with E-state index in [0.29, 0.717) is 0 Å². The molecule has 172 valence electrons. The topological polar surface area (TPSA) is 213 Å². The van der Waals surface area contributed by atoms with Crippen molar-refractivity contribution in [2.24, 2.45) is 0 Å². The molecule has 0 radical (unpaired) electrons. The number of hydrogen-bond acceptors (Lipinski definition) is 10. The second kappa shape index (κ2) is 13.0. The van der Waals surface area contributed by atoms with E-state index in [1.54, 1.807) is 0 Å². The number of nitrogens with zero attached hydrogens (tertiary/aromatic N) is 2. The van der Waals surface area contributed by atoms with Crippen LogP contribution in [0.4, 0.5) is 0 Å². The van der Waals surface area contributed by atoms with Crippen molar-refractivity contribution in [2.75, 3.05) is 13.2 Å².